The van der Waals surface area contributed by atoms with Gasteiger partial charge in [0.15, 0.2) is 0 Å². The van der Waals surface area contributed by atoms with Crippen molar-refractivity contribution in [2.75, 3.05) is 11.4 Å². The van der Waals surface area contributed by atoms with Crippen LogP contribution in [0.4, 0.5) is 5.95 Å². The lowest BCUT2D eigenvalue weighted by Crippen LogP contribution is -2.37. The molecule has 17 heavy (non-hydrogen) atoms. The third kappa shape index (κ3) is 3.41. The number of nitrogens with zero attached hydrogens (tertiary/aromatic N) is 3. The molecule has 1 aromatic heterocycles. The van der Waals surface area contributed by atoms with Crippen molar-refractivity contribution in [1.82, 2.24) is 9.97 Å². The largest absolute Gasteiger partial charge is 0.338 e. The minimum absolute atomic E-state index is 0.638. The maximum atomic E-state index is 4.44. The average molecular weight is 298 g/mol. The molecule has 0 amide bonds. The van der Waals surface area contributed by atoms with Crippen molar-refractivity contribution in [3.05, 3.63) is 16.9 Å². The van der Waals surface area contributed by atoms with Gasteiger partial charge in [0.25, 0.3) is 0 Å². The summed E-state index contributed by atoms with van der Waals surface area (Å²) in [6.45, 7) is 5.55. The molecule has 3 nitrogen and oxygen atoms in total. The SMILES string of the molecule is CC(C)CN(c1ncc(Br)cn1)C1CCCC1. The summed E-state index contributed by atoms with van der Waals surface area (Å²) in [7, 11) is 0. The first kappa shape index (κ1) is 12.8. The van der Waals surface area contributed by atoms with Crippen LogP contribution in [-0.2, 0) is 0 Å². The third-order valence-corrected chi connectivity index (χ3v) is 3.60. The zero-order valence-electron chi connectivity index (χ0n) is 10.6. The van der Waals surface area contributed by atoms with E-state index in [0.29, 0.717) is 12.0 Å². The van der Waals surface area contributed by atoms with E-state index in [9.17, 15) is 0 Å². The van der Waals surface area contributed by atoms with E-state index in [4.69, 9.17) is 0 Å². The molecule has 1 aromatic rings. The number of hydrogen-bond donors (Lipinski definition) is 0. The molecule has 0 spiro atoms. The monoisotopic (exact) mass is 297 g/mol. The number of aromatic nitrogens is 2. The topological polar surface area (TPSA) is 29.0 Å². The van der Waals surface area contributed by atoms with Crippen LogP contribution < -0.4 is 4.90 Å². The Morgan fingerprint density at radius 1 is 1.29 bits per heavy atom. The Balaban J connectivity index is 2.16. The van der Waals surface area contributed by atoms with E-state index in [0.717, 1.165) is 17.0 Å². The molecule has 0 N–H and O–H groups in total. The molecular weight excluding hydrogens is 278 g/mol. The molecule has 0 atom stereocenters. The van der Waals surface area contributed by atoms with E-state index in [-0.39, 0.29) is 0 Å². The second-order valence-corrected chi connectivity index (χ2v) is 6.10. The van der Waals surface area contributed by atoms with Crippen LogP contribution in [0.3, 0.4) is 0 Å². The summed E-state index contributed by atoms with van der Waals surface area (Å²) in [5.41, 5.74) is 0. The van der Waals surface area contributed by atoms with Crippen molar-refractivity contribution in [1.29, 1.82) is 0 Å². The second-order valence-electron chi connectivity index (χ2n) is 5.19. The highest BCUT2D eigenvalue weighted by molar-refractivity contribution is 9.10. The van der Waals surface area contributed by atoms with Gasteiger partial charge in [-0.2, -0.15) is 0 Å². The summed E-state index contributed by atoms with van der Waals surface area (Å²) < 4.78 is 0.942. The summed E-state index contributed by atoms with van der Waals surface area (Å²) in [5.74, 6) is 1.52. The molecule has 0 unspecified atom stereocenters. The van der Waals surface area contributed by atoms with Gasteiger partial charge in [0, 0.05) is 25.0 Å². The Morgan fingerprint density at radius 2 is 1.88 bits per heavy atom. The molecule has 4 heteroatoms. The highest BCUT2D eigenvalue weighted by Crippen LogP contribution is 2.27. The van der Waals surface area contributed by atoms with E-state index in [1.165, 1.54) is 25.7 Å². The van der Waals surface area contributed by atoms with Crippen LogP contribution in [0.5, 0.6) is 0 Å². The van der Waals surface area contributed by atoms with Crippen molar-refractivity contribution < 1.29 is 0 Å². The lowest BCUT2D eigenvalue weighted by Gasteiger charge is -2.30. The fraction of sp³-hybridized carbons (Fsp3) is 0.692. The quantitative estimate of drug-likeness (QED) is 0.849. The van der Waals surface area contributed by atoms with Gasteiger partial charge in [-0.15, -0.1) is 0 Å². The Bertz CT molecular complexity index is 344. The number of hydrogen-bond acceptors (Lipinski definition) is 3. The van der Waals surface area contributed by atoms with Gasteiger partial charge >= 0.3 is 0 Å². The highest BCUT2D eigenvalue weighted by Gasteiger charge is 2.24. The summed E-state index contributed by atoms with van der Waals surface area (Å²) in [6, 6.07) is 0.638. The Hall–Kier alpha value is -0.640. The second kappa shape index (κ2) is 5.80. The van der Waals surface area contributed by atoms with Gasteiger partial charge in [0.05, 0.1) is 4.47 Å². The lowest BCUT2D eigenvalue weighted by molar-refractivity contribution is 0.525. The van der Waals surface area contributed by atoms with Crippen LogP contribution in [0, 0.1) is 5.92 Å². The van der Waals surface area contributed by atoms with E-state index >= 15 is 0 Å². The van der Waals surface area contributed by atoms with E-state index in [2.05, 4.69) is 44.6 Å². The third-order valence-electron chi connectivity index (χ3n) is 3.19. The fourth-order valence-corrected chi connectivity index (χ4v) is 2.66. The van der Waals surface area contributed by atoms with E-state index in [1.54, 1.807) is 0 Å². The van der Waals surface area contributed by atoms with Gasteiger partial charge < -0.3 is 4.90 Å². The van der Waals surface area contributed by atoms with Crippen molar-refractivity contribution in [3.8, 4) is 0 Å². The molecule has 1 heterocycles. The van der Waals surface area contributed by atoms with Crippen LogP contribution >= 0.6 is 15.9 Å². The molecule has 0 radical (unpaired) electrons. The van der Waals surface area contributed by atoms with Gasteiger partial charge in [0.1, 0.15) is 0 Å². The predicted molar refractivity (Wildman–Crippen MR) is 74.2 cm³/mol. The molecular formula is C13H20BrN3. The molecule has 1 fully saturated rings. The van der Waals surface area contributed by atoms with Gasteiger partial charge in [-0.05, 0) is 34.7 Å². The van der Waals surface area contributed by atoms with Gasteiger partial charge in [-0.1, -0.05) is 26.7 Å². The smallest absolute Gasteiger partial charge is 0.225 e. The highest BCUT2D eigenvalue weighted by atomic mass is 79.9. The summed E-state index contributed by atoms with van der Waals surface area (Å²) in [4.78, 5) is 11.3. The molecule has 0 bridgehead atoms. The van der Waals surface area contributed by atoms with E-state index < -0.39 is 0 Å². The summed E-state index contributed by atoms with van der Waals surface area (Å²) in [5, 5.41) is 0. The van der Waals surface area contributed by atoms with Crippen molar-refractivity contribution in [3.63, 3.8) is 0 Å². The molecule has 1 aliphatic rings. The number of anilines is 1. The molecule has 0 aliphatic heterocycles. The minimum Gasteiger partial charge on any atom is -0.338 e. The van der Waals surface area contributed by atoms with Crippen LogP contribution in [0.1, 0.15) is 39.5 Å². The Morgan fingerprint density at radius 3 is 2.41 bits per heavy atom. The maximum absolute atomic E-state index is 4.44. The molecule has 1 saturated carbocycles. The fourth-order valence-electron chi connectivity index (χ4n) is 2.46. The summed E-state index contributed by atoms with van der Waals surface area (Å²) in [6.07, 6.45) is 8.93. The van der Waals surface area contributed by atoms with Crippen molar-refractivity contribution >= 4 is 21.9 Å². The molecule has 0 saturated heterocycles. The molecule has 94 valence electrons. The normalized spacial score (nSPS) is 16.7. The Labute approximate surface area is 112 Å². The predicted octanol–water partition coefficient (Wildman–Crippen LogP) is 3.64. The first-order valence-electron chi connectivity index (χ1n) is 6.41. The standard InChI is InChI=1S/C13H20BrN3/c1-10(2)9-17(12-5-3-4-6-12)13-15-7-11(14)8-16-13/h7-8,10,12H,3-6,9H2,1-2H3. The Kier molecular flexibility index (Phi) is 4.37. The van der Waals surface area contributed by atoms with Crippen molar-refractivity contribution in [2.24, 2.45) is 5.92 Å². The van der Waals surface area contributed by atoms with Gasteiger partial charge in [-0.3, -0.25) is 0 Å². The van der Waals surface area contributed by atoms with Crippen LogP contribution in [0.15, 0.2) is 16.9 Å². The summed E-state index contributed by atoms with van der Waals surface area (Å²) >= 11 is 3.39. The van der Waals surface area contributed by atoms with Crippen LogP contribution in [0.25, 0.3) is 0 Å². The average Bonchev–Trinajstić information content (AvgIpc) is 2.80. The lowest BCUT2D eigenvalue weighted by atomic mass is 10.1. The minimum atomic E-state index is 0.638. The zero-order chi connectivity index (χ0) is 12.3. The number of halogens is 1. The van der Waals surface area contributed by atoms with E-state index in [1.807, 2.05) is 12.4 Å². The molecule has 2 rings (SSSR count). The van der Waals surface area contributed by atoms with Crippen molar-refractivity contribution in [2.45, 2.75) is 45.6 Å². The number of rotatable bonds is 4. The first-order chi connectivity index (χ1) is 8.16. The van der Waals surface area contributed by atoms with Crippen LogP contribution in [-0.4, -0.2) is 22.6 Å². The maximum Gasteiger partial charge on any atom is 0.225 e. The molecule has 1 aliphatic carbocycles. The molecule has 0 aromatic carbocycles. The van der Waals surface area contributed by atoms with Gasteiger partial charge in [-0.25, -0.2) is 9.97 Å². The van der Waals surface area contributed by atoms with Crippen LogP contribution in [0.2, 0.25) is 0 Å². The zero-order valence-corrected chi connectivity index (χ0v) is 12.2. The van der Waals surface area contributed by atoms with Gasteiger partial charge in [0.2, 0.25) is 5.95 Å². The first-order valence-corrected chi connectivity index (χ1v) is 7.20.